The topological polar surface area (TPSA) is 73.8 Å². The van der Waals surface area contributed by atoms with Crippen molar-refractivity contribution in [3.8, 4) is 0 Å². The molecular weight excluding hydrogens is 516 g/mol. The van der Waals surface area contributed by atoms with Crippen LogP contribution in [0.2, 0.25) is 10.1 Å². The summed E-state index contributed by atoms with van der Waals surface area (Å²) in [6.45, 7) is 20.0. The van der Waals surface area contributed by atoms with Crippen molar-refractivity contribution in [2.75, 3.05) is 6.61 Å². The summed E-state index contributed by atoms with van der Waals surface area (Å²) in [4.78, 5) is 0. The molecule has 0 radical (unpaired) electrons. The molecule has 1 aromatic rings. The molecule has 0 bridgehead atoms. The van der Waals surface area contributed by atoms with Crippen LogP contribution in [0.4, 0.5) is 0 Å². The molecule has 39 heavy (non-hydrogen) atoms. The van der Waals surface area contributed by atoms with Crippen molar-refractivity contribution in [1.29, 1.82) is 0 Å². The number of benzene rings is 1. The summed E-state index contributed by atoms with van der Waals surface area (Å²) in [6, 6.07) is 10.0. The third kappa shape index (κ3) is 5.80. The lowest BCUT2D eigenvalue weighted by Gasteiger charge is -2.55. The van der Waals surface area contributed by atoms with Crippen molar-refractivity contribution in [3.63, 3.8) is 0 Å². The van der Waals surface area contributed by atoms with Gasteiger partial charge < -0.3 is 37.3 Å². The van der Waals surface area contributed by atoms with Gasteiger partial charge >= 0.3 is 8.56 Å². The quantitative estimate of drug-likeness (QED) is 0.340. The highest BCUT2D eigenvalue weighted by molar-refractivity contribution is 6.73. The SMILES string of the molecule is C[C@@H]1O[C@@H](OCc2ccccc2)[C@@H]2OC(C)(C)O[C@@H]2[C@H]1O[C@@H]1C=C[C@H]2O[Si](C(C)(C)C)(C(C)(C)C)OC[C@H]2O1. The Hall–Kier alpha value is -1.14. The van der Waals surface area contributed by atoms with E-state index in [1.165, 1.54) is 0 Å². The summed E-state index contributed by atoms with van der Waals surface area (Å²) in [6.07, 6.45) is 0.914. The van der Waals surface area contributed by atoms with E-state index in [4.69, 9.17) is 37.3 Å². The molecule has 218 valence electrons. The zero-order valence-electron chi connectivity index (χ0n) is 24.8. The predicted molar refractivity (Wildman–Crippen MR) is 148 cm³/mol. The van der Waals surface area contributed by atoms with Crippen LogP contribution in [-0.4, -0.2) is 70.2 Å². The van der Waals surface area contributed by atoms with Crippen molar-refractivity contribution < 1.29 is 37.3 Å². The maximum absolute atomic E-state index is 6.80. The van der Waals surface area contributed by atoms with Crippen LogP contribution in [0.5, 0.6) is 0 Å². The molecule has 9 heteroatoms. The molecule has 0 spiro atoms. The van der Waals surface area contributed by atoms with Gasteiger partial charge in [-0.05, 0) is 32.4 Å². The molecule has 0 aliphatic carbocycles. The number of rotatable bonds is 5. The van der Waals surface area contributed by atoms with Crippen LogP contribution in [0.25, 0.3) is 0 Å². The smallest absolute Gasteiger partial charge is 0.349 e. The lowest BCUT2D eigenvalue weighted by molar-refractivity contribution is -0.304. The number of ether oxygens (including phenoxy) is 6. The number of hydrogen-bond donors (Lipinski definition) is 0. The normalized spacial score (nSPS) is 37.8. The summed E-state index contributed by atoms with van der Waals surface area (Å²) in [5, 5.41) is -0.181. The minimum Gasteiger partial charge on any atom is -0.391 e. The van der Waals surface area contributed by atoms with Gasteiger partial charge in [0.2, 0.25) is 0 Å². The minimum atomic E-state index is -2.59. The summed E-state index contributed by atoms with van der Waals surface area (Å²) < 4.78 is 51.4. The van der Waals surface area contributed by atoms with Gasteiger partial charge in [0.25, 0.3) is 0 Å². The van der Waals surface area contributed by atoms with Gasteiger partial charge in [0, 0.05) is 10.1 Å². The van der Waals surface area contributed by atoms with E-state index in [9.17, 15) is 0 Å². The van der Waals surface area contributed by atoms with Crippen molar-refractivity contribution >= 4 is 8.56 Å². The second-order valence-electron chi connectivity index (χ2n) is 13.6. The summed E-state index contributed by atoms with van der Waals surface area (Å²) in [7, 11) is -2.59. The van der Waals surface area contributed by atoms with Gasteiger partial charge in [-0.1, -0.05) is 78.0 Å². The van der Waals surface area contributed by atoms with Gasteiger partial charge in [-0.3, -0.25) is 0 Å². The Labute approximate surface area is 234 Å². The summed E-state index contributed by atoms with van der Waals surface area (Å²) in [5.74, 6) is -0.786. The maximum Gasteiger partial charge on any atom is 0.349 e. The molecule has 8 atom stereocenters. The zero-order chi connectivity index (χ0) is 28.2. The van der Waals surface area contributed by atoms with E-state index in [0.29, 0.717) is 13.2 Å². The molecule has 4 heterocycles. The van der Waals surface area contributed by atoms with Crippen molar-refractivity contribution in [2.24, 2.45) is 0 Å². The molecule has 4 aliphatic rings. The fraction of sp³-hybridized carbons (Fsp3) is 0.733. The molecule has 3 saturated heterocycles. The van der Waals surface area contributed by atoms with Gasteiger partial charge in [-0.15, -0.1) is 0 Å². The Balaban J connectivity index is 1.27. The fourth-order valence-electron chi connectivity index (χ4n) is 6.43. The van der Waals surface area contributed by atoms with Crippen LogP contribution in [0, 0.1) is 0 Å². The second kappa shape index (κ2) is 10.6. The Morgan fingerprint density at radius 1 is 0.923 bits per heavy atom. The predicted octanol–water partition coefficient (Wildman–Crippen LogP) is 5.59. The highest BCUT2D eigenvalue weighted by Gasteiger charge is 2.62. The second-order valence-corrected chi connectivity index (χ2v) is 18.4. The molecule has 0 unspecified atom stereocenters. The zero-order valence-corrected chi connectivity index (χ0v) is 25.8. The average Bonchev–Trinajstić information content (AvgIpc) is 3.18. The van der Waals surface area contributed by atoms with Crippen molar-refractivity contribution in [3.05, 3.63) is 48.0 Å². The Morgan fingerprint density at radius 2 is 1.59 bits per heavy atom. The first kappa shape index (κ1) is 29.4. The Kier molecular flexibility index (Phi) is 7.98. The molecule has 5 rings (SSSR count). The lowest BCUT2D eigenvalue weighted by atomic mass is 9.99. The average molecular weight is 563 g/mol. The van der Waals surface area contributed by atoms with Gasteiger partial charge in [0.1, 0.15) is 24.4 Å². The third-order valence-corrected chi connectivity index (χ3v) is 13.1. The van der Waals surface area contributed by atoms with Gasteiger partial charge in [-0.25, -0.2) is 0 Å². The van der Waals surface area contributed by atoms with E-state index in [2.05, 4.69) is 47.6 Å². The van der Waals surface area contributed by atoms with E-state index in [1.807, 2.05) is 57.2 Å². The largest absolute Gasteiger partial charge is 0.391 e. The molecule has 8 nitrogen and oxygen atoms in total. The molecule has 4 aliphatic heterocycles. The lowest BCUT2D eigenvalue weighted by Crippen LogP contribution is -2.65. The molecule has 0 amide bonds. The first-order chi connectivity index (χ1) is 18.2. The summed E-state index contributed by atoms with van der Waals surface area (Å²) in [5.41, 5.74) is 1.07. The molecule has 0 saturated carbocycles. The number of fused-ring (bicyclic) bond motifs is 2. The molecule has 3 fully saturated rings. The van der Waals surface area contributed by atoms with Crippen molar-refractivity contribution in [2.45, 2.75) is 134 Å². The molecular formula is C30H46O8Si. The highest BCUT2D eigenvalue weighted by Crippen LogP contribution is 2.54. The highest BCUT2D eigenvalue weighted by atomic mass is 28.4. The van der Waals surface area contributed by atoms with E-state index in [0.717, 1.165) is 5.56 Å². The fourth-order valence-corrected chi connectivity index (χ4v) is 11.3. The summed E-state index contributed by atoms with van der Waals surface area (Å²) >= 11 is 0. The van der Waals surface area contributed by atoms with Crippen LogP contribution in [0.15, 0.2) is 42.5 Å². The van der Waals surface area contributed by atoms with E-state index in [-0.39, 0.29) is 34.5 Å². The van der Waals surface area contributed by atoms with Gasteiger partial charge in [0.15, 0.2) is 18.4 Å². The first-order valence-corrected chi connectivity index (χ1v) is 16.0. The van der Waals surface area contributed by atoms with Crippen LogP contribution >= 0.6 is 0 Å². The van der Waals surface area contributed by atoms with Gasteiger partial charge in [0.05, 0.1) is 25.4 Å². The minimum absolute atomic E-state index is 0.0903. The van der Waals surface area contributed by atoms with E-state index in [1.54, 1.807) is 0 Å². The standard InChI is InChI=1S/C30H46O8Si/c1-19-24(25-26(37-30(8,9)36-25)27(33-19)31-17-20-13-11-10-12-14-20)35-23-16-15-21-22(34-23)18-32-39(38-21,28(2,3)4)29(5,6)7/h10-16,19,21-27H,17-18H2,1-9H3/t19-,21+,22+,23+,24-,25+,26+,27+/m0/s1. The molecule has 0 N–H and O–H groups in total. The maximum atomic E-state index is 6.80. The Bertz CT molecular complexity index is 1000. The molecule has 0 aromatic heterocycles. The Morgan fingerprint density at radius 3 is 2.26 bits per heavy atom. The third-order valence-electron chi connectivity index (χ3n) is 7.98. The van der Waals surface area contributed by atoms with Crippen LogP contribution in [0.1, 0.15) is 67.9 Å². The van der Waals surface area contributed by atoms with Crippen LogP contribution in [0.3, 0.4) is 0 Å². The van der Waals surface area contributed by atoms with E-state index < -0.39 is 39.1 Å². The molecule has 1 aromatic carbocycles. The van der Waals surface area contributed by atoms with E-state index >= 15 is 0 Å². The monoisotopic (exact) mass is 562 g/mol. The first-order valence-electron chi connectivity index (χ1n) is 14.2. The van der Waals surface area contributed by atoms with Gasteiger partial charge in [-0.2, -0.15) is 0 Å². The van der Waals surface area contributed by atoms with Crippen LogP contribution < -0.4 is 0 Å². The van der Waals surface area contributed by atoms with Crippen LogP contribution in [-0.2, 0) is 43.9 Å². The number of hydrogen-bond acceptors (Lipinski definition) is 8. The van der Waals surface area contributed by atoms with Crippen molar-refractivity contribution in [1.82, 2.24) is 0 Å².